The smallest absolute Gasteiger partial charge is 0.219 e. The van der Waals surface area contributed by atoms with Gasteiger partial charge in [-0.1, -0.05) is 48.8 Å². The van der Waals surface area contributed by atoms with Gasteiger partial charge in [-0.3, -0.25) is 0 Å². The van der Waals surface area contributed by atoms with Gasteiger partial charge in [0.25, 0.3) is 0 Å². The molecule has 2 atom stereocenters. The van der Waals surface area contributed by atoms with Crippen LogP contribution in [0, 0.1) is 5.92 Å². The third-order valence-electron chi connectivity index (χ3n) is 4.66. The molecular weight excluding hydrogens is 312 g/mol. The van der Waals surface area contributed by atoms with Crippen LogP contribution in [0.2, 0.25) is 0 Å². The molecule has 6 heteroatoms. The molecule has 0 radical (unpaired) electrons. The number of nitrogens with zero attached hydrogens (tertiary/aromatic N) is 2. The van der Waals surface area contributed by atoms with E-state index in [2.05, 4.69) is 36.3 Å². The molecule has 0 aliphatic carbocycles. The summed E-state index contributed by atoms with van der Waals surface area (Å²) in [6.07, 6.45) is 3.23. The minimum atomic E-state index is -3.34. The molecule has 124 valence electrons. The van der Waals surface area contributed by atoms with Crippen molar-refractivity contribution in [1.82, 2.24) is 9.46 Å². The van der Waals surface area contributed by atoms with Gasteiger partial charge < -0.3 is 4.52 Å². The van der Waals surface area contributed by atoms with Crippen LogP contribution >= 0.6 is 0 Å². The maximum Gasteiger partial charge on any atom is 0.219 e. The number of benzene rings is 1. The molecule has 1 aromatic heterocycles. The van der Waals surface area contributed by atoms with Crippen LogP contribution in [0.25, 0.3) is 0 Å². The molecule has 5 nitrogen and oxygen atoms in total. The van der Waals surface area contributed by atoms with Crippen molar-refractivity contribution < 1.29 is 12.9 Å². The summed E-state index contributed by atoms with van der Waals surface area (Å²) in [4.78, 5) is 0. The van der Waals surface area contributed by atoms with Crippen LogP contribution < -0.4 is 0 Å². The summed E-state index contributed by atoms with van der Waals surface area (Å²) in [6, 6.07) is 12.0. The van der Waals surface area contributed by atoms with E-state index < -0.39 is 10.0 Å². The fraction of sp³-hybridized carbons (Fsp3) is 0.471. The topological polar surface area (TPSA) is 63.4 Å². The predicted molar refractivity (Wildman–Crippen MR) is 88.3 cm³/mol. The SMILES string of the molecule is CC[C@H]1CN(S(=O)(=O)Cc2ccon2)CC[C@@H]1c1ccccc1. The van der Waals surface area contributed by atoms with E-state index in [1.54, 1.807) is 10.4 Å². The molecule has 0 spiro atoms. The molecule has 0 amide bonds. The molecule has 0 N–H and O–H groups in total. The molecular formula is C17H22N2O3S. The van der Waals surface area contributed by atoms with Crippen molar-refractivity contribution in [1.29, 1.82) is 0 Å². The van der Waals surface area contributed by atoms with Crippen molar-refractivity contribution in [2.45, 2.75) is 31.4 Å². The number of sulfonamides is 1. The monoisotopic (exact) mass is 334 g/mol. The summed E-state index contributed by atoms with van der Waals surface area (Å²) in [5.74, 6) is 0.689. The zero-order valence-electron chi connectivity index (χ0n) is 13.3. The average molecular weight is 334 g/mol. The molecule has 0 bridgehead atoms. The second-order valence-corrected chi connectivity index (χ2v) is 8.05. The first-order valence-corrected chi connectivity index (χ1v) is 9.63. The highest BCUT2D eigenvalue weighted by Crippen LogP contribution is 2.36. The van der Waals surface area contributed by atoms with Gasteiger partial charge in [-0.2, -0.15) is 0 Å². The Hall–Kier alpha value is -1.66. The van der Waals surface area contributed by atoms with Gasteiger partial charge in [-0.05, 0) is 23.8 Å². The number of aromatic nitrogens is 1. The standard InChI is InChI=1S/C17H22N2O3S/c1-2-14-12-19(23(20,21)13-16-9-11-22-18-16)10-8-17(14)15-6-4-3-5-7-15/h3-7,9,11,14,17H,2,8,10,12-13H2,1H3/t14-,17-/m0/s1. The van der Waals surface area contributed by atoms with Gasteiger partial charge in [0.15, 0.2) is 0 Å². The van der Waals surface area contributed by atoms with Crippen LogP contribution in [-0.2, 0) is 15.8 Å². The Morgan fingerprint density at radius 3 is 2.70 bits per heavy atom. The highest BCUT2D eigenvalue weighted by Gasteiger charge is 2.34. The van der Waals surface area contributed by atoms with Crippen LogP contribution in [0.3, 0.4) is 0 Å². The van der Waals surface area contributed by atoms with E-state index in [9.17, 15) is 8.42 Å². The summed E-state index contributed by atoms with van der Waals surface area (Å²) < 4.78 is 31.6. The lowest BCUT2D eigenvalue weighted by atomic mass is 9.80. The zero-order chi connectivity index (χ0) is 16.3. The lowest BCUT2D eigenvalue weighted by Crippen LogP contribution is -2.43. The van der Waals surface area contributed by atoms with Gasteiger partial charge in [0.05, 0.1) is 5.69 Å². The van der Waals surface area contributed by atoms with E-state index in [0.717, 1.165) is 12.8 Å². The highest BCUT2D eigenvalue weighted by atomic mass is 32.2. The fourth-order valence-corrected chi connectivity index (χ4v) is 4.90. The largest absolute Gasteiger partial charge is 0.364 e. The Morgan fingerprint density at radius 2 is 2.04 bits per heavy atom. The molecule has 1 fully saturated rings. The maximum absolute atomic E-state index is 12.6. The third-order valence-corrected chi connectivity index (χ3v) is 6.44. The second-order valence-electron chi connectivity index (χ2n) is 6.08. The zero-order valence-corrected chi connectivity index (χ0v) is 14.1. The van der Waals surface area contributed by atoms with E-state index >= 15 is 0 Å². The summed E-state index contributed by atoms with van der Waals surface area (Å²) in [6.45, 7) is 3.28. The van der Waals surface area contributed by atoms with Crippen molar-refractivity contribution in [2.24, 2.45) is 5.92 Å². The lowest BCUT2D eigenvalue weighted by molar-refractivity contribution is 0.228. The van der Waals surface area contributed by atoms with Crippen LogP contribution in [-0.4, -0.2) is 31.0 Å². The van der Waals surface area contributed by atoms with Gasteiger partial charge in [-0.15, -0.1) is 0 Å². The number of hydrogen-bond acceptors (Lipinski definition) is 4. The maximum atomic E-state index is 12.6. The molecule has 1 aliphatic heterocycles. The quantitative estimate of drug-likeness (QED) is 0.843. The van der Waals surface area contributed by atoms with Crippen LogP contribution in [0.4, 0.5) is 0 Å². The normalized spacial score (nSPS) is 23.0. The van der Waals surface area contributed by atoms with Crippen molar-refractivity contribution in [3.8, 4) is 0 Å². The molecule has 1 saturated heterocycles. The first-order valence-electron chi connectivity index (χ1n) is 8.02. The first-order chi connectivity index (χ1) is 11.1. The second kappa shape index (κ2) is 6.84. The summed E-state index contributed by atoms with van der Waals surface area (Å²) in [7, 11) is -3.34. The van der Waals surface area contributed by atoms with Crippen LogP contribution in [0.15, 0.2) is 47.2 Å². The minimum absolute atomic E-state index is 0.0874. The molecule has 1 aliphatic rings. The van der Waals surface area contributed by atoms with Crippen molar-refractivity contribution >= 4 is 10.0 Å². The van der Waals surface area contributed by atoms with Gasteiger partial charge in [0, 0.05) is 19.2 Å². The van der Waals surface area contributed by atoms with Crippen molar-refractivity contribution in [3.63, 3.8) is 0 Å². The summed E-state index contributed by atoms with van der Waals surface area (Å²) in [5, 5.41) is 3.72. The number of hydrogen-bond donors (Lipinski definition) is 0. The third kappa shape index (κ3) is 3.64. The summed E-state index contributed by atoms with van der Waals surface area (Å²) >= 11 is 0. The number of piperidine rings is 1. The van der Waals surface area contributed by atoms with E-state index in [-0.39, 0.29) is 5.75 Å². The molecule has 0 unspecified atom stereocenters. The predicted octanol–water partition coefficient (Wildman–Crippen LogP) is 3.02. The van der Waals surface area contributed by atoms with Crippen LogP contribution in [0.1, 0.15) is 36.9 Å². The van der Waals surface area contributed by atoms with Crippen molar-refractivity contribution in [2.75, 3.05) is 13.1 Å². The first kappa shape index (κ1) is 16.2. The van der Waals surface area contributed by atoms with Crippen LogP contribution in [0.5, 0.6) is 0 Å². The molecule has 3 rings (SSSR count). The molecule has 1 aromatic carbocycles. The van der Waals surface area contributed by atoms with Gasteiger partial charge >= 0.3 is 0 Å². The van der Waals surface area contributed by atoms with Gasteiger partial charge in [-0.25, -0.2) is 12.7 Å². The Kier molecular flexibility index (Phi) is 4.82. The van der Waals surface area contributed by atoms with Gasteiger partial charge in [0.1, 0.15) is 12.0 Å². The molecule has 2 aromatic rings. The number of rotatable bonds is 5. The Bertz CT molecular complexity index is 714. The van der Waals surface area contributed by atoms with Gasteiger partial charge in [0.2, 0.25) is 10.0 Å². The van der Waals surface area contributed by atoms with E-state index in [1.165, 1.54) is 11.8 Å². The van der Waals surface area contributed by atoms with Crippen molar-refractivity contribution in [3.05, 3.63) is 53.9 Å². The Labute approximate surface area is 137 Å². The molecule has 23 heavy (non-hydrogen) atoms. The Morgan fingerprint density at radius 1 is 1.26 bits per heavy atom. The van der Waals surface area contributed by atoms with E-state index in [0.29, 0.717) is 30.6 Å². The van der Waals surface area contributed by atoms with E-state index in [1.807, 2.05) is 6.07 Å². The Balaban J connectivity index is 1.73. The minimum Gasteiger partial charge on any atom is -0.364 e. The summed E-state index contributed by atoms with van der Waals surface area (Å²) in [5.41, 5.74) is 1.77. The average Bonchev–Trinajstić information content (AvgIpc) is 3.07. The van der Waals surface area contributed by atoms with E-state index in [4.69, 9.17) is 4.52 Å². The highest BCUT2D eigenvalue weighted by molar-refractivity contribution is 7.88. The molecule has 2 heterocycles. The molecule has 0 saturated carbocycles. The fourth-order valence-electron chi connectivity index (χ4n) is 3.39. The lowest BCUT2D eigenvalue weighted by Gasteiger charge is -2.37.